The van der Waals surface area contributed by atoms with Crippen molar-refractivity contribution in [2.45, 2.75) is 118 Å². The highest BCUT2D eigenvalue weighted by Crippen LogP contribution is 2.15. The lowest BCUT2D eigenvalue weighted by Gasteiger charge is -2.25. The first-order valence-electron chi connectivity index (χ1n) is 12.2. The lowest BCUT2D eigenvalue weighted by Crippen LogP contribution is -2.30. The maximum Gasteiger partial charge on any atom is 0.00186 e. The molecule has 160 valence electrons. The Balaban J connectivity index is 3.63. The lowest BCUT2D eigenvalue weighted by atomic mass is 10.0. The Labute approximate surface area is 172 Å². The molecule has 0 aromatic heterocycles. The van der Waals surface area contributed by atoms with E-state index in [1.807, 2.05) is 0 Å². The van der Waals surface area contributed by atoms with Gasteiger partial charge in [0, 0.05) is 13.1 Å². The van der Waals surface area contributed by atoms with Crippen molar-refractivity contribution in [3.8, 4) is 0 Å². The van der Waals surface area contributed by atoms with Crippen molar-refractivity contribution >= 4 is 0 Å². The summed E-state index contributed by atoms with van der Waals surface area (Å²) in [4.78, 5) is 2.67. The Kier molecular flexibility index (Phi) is 19.8. The monoisotopic (exact) mass is 377 g/mol. The van der Waals surface area contributed by atoms with Crippen LogP contribution in [0.5, 0.6) is 0 Å². The Bertz CT molecular complexity index is 344. The summed E-state index contributed by atoms with van der Waals surface area (Å²) >= 11 is 0. The smallest absolute Gasteiger partial charge is 0.00186 e. The van der Waals surface area contributed by atoms with E-state index in [-0.39, 0.29) is 0 Å². The number of hydrogen-bond donors (Lipinski definition) is 0. The Morgan fingerprint density at radius 1 is 0.778 bits per heavy atom. The van der Waals surface area contributed by atoms with E-state index < -0.39 is 0 Å². The van der Waals surface area contributed by atoms with Gasteiger partial charge in [0.05, 0.1) is 0 Å². The molecule has 0 saturated heterocycles. The topological polar surface area (TPSA) is 3.24 Å². The molecule has 0 saturated carbocycles. The molecule has 0 aliphatic rings. The third-order valence-corrected chi connectivity index (χ3v) is 5.45. The molecule has 0 fully saturated rings. The first-order valence-corrected chi connectivity index (χ1v) is 12.2. The van der Waals surface area contributed by atoms with Crippen molar-refractivity contribution in [3.63, 3.8) is 0 Å². The van der Waals surface area contributed by atoms with Crippen LogP contribution in [0.3, 0.4) is 0 Å². The molecular formula is C26H51N. The summed E-state index contributed by atoms with van der Waals surface area (Å²) in [5, 5.41) is 0. The summed E-state index contributed by atoms with van der Waals surface area (Å²) in [5.74, 6) is 0.831. The molecule has 0 heterocycles. The minimum absolute atomic E-state index is 0.831. The van der Waals surface area contributed by atoms with Crippen LogP contribution in [0.15, 0.2) is 24.3 Å². The van der Waals surface area contributed by atoms with Gasteiger partial charge in [-0.25, -0.2) is 0 Å². The minimum atomic E-state index is 0.831. The van der Waals surface area contributed by atoms with Gasteiger partial charge in [-0.05, 0) is 63.8 Å². The molecule has 0 spiro atoms. The van der Waals surface area contributed by atoms with E-state index in [2.05, 4.69) is 51.3 Å². The summed E-state index contributed by atoms with van der Waals surface area (Å²) in [5.41, 5.74) is 1.47. The highest BCUT2D eigenvalue weighted by atomic mass is 15.1. The van der Waals surface area contributed by atoms with Gasteiger partial charge in [0.25, 0.3) is 0 Å². The van der Waals surface area contributed by atoms with Crippen LogP contribution in [-0.2, 0) is 0 Å². The predicted octanol–water partition coefficient (Wildman–Crippen LogP) is 8.56. The van der Waals surface area contributed by atoms with Crippen LogP contribution in [0.1, 0.15) is 118 Å². The van der Waals surface area contributed by atoms with Gasteiger partial charge in [-0.1, -0.05) is 90.5 Å². The van der Waals surface area contributed by atoms with Gasteiger partial charge in [0.15, 0.2) is 0 Å². The first-order chi connectivity index (χ1) is 13.1. The average molecular weight is 378 g/mol. The number of rotatable bonds is 20. The summed E-state index contributed by atoms with van der Waals surface area (Å²) in [6.07, 6.45) is 23.2. The van der Waals surface area contributed by atoms with Crippen LogP contribution in [0.25, 0.3) is 0 Å². The molecule has 1 nitrogen and oxygen atoms in total. The molecule has 0 radical (unpaired) electrons. The van der Waals surface area contributed by atoms with Gasteiger partial charge in [-0.2, -0.15) is 0 Å². The highest BCUT2D eigenvalue weighted by Gasteiger charge is 2.09. The molecule has 0 amide bonds. The third kappa shape index (κ3) is 18.6. The standard InChI is InChI=1S/C26H51N/c1-6-9-10-11-12-13-14-15-16-17-18-20-25(4)21-23-27(22-8-3)24-26(5)19-7-2/h10-11,26H,4,6-9,12-24H2,1-3,5H3/b11-10+. The Morgan fingerprint density at radius 3 is 2.11 bits per heavy atom. The fourth-order valence-corrected chi connectivity index (χ4v) is 3.82. The maximum atomic E-state index is 4.35. The fraction of sp³-hybridized carbons (Fsp3) is 0.846. The normalized spacial score (nSPS) is 12.9. The minimum Gasteiger partial charge on any atom is -0.303 e. The summed E-state index contributed by atoms with van der Waals surface area (Å²) in [7, 11) is 0. The summed E-state index contributed by atoms with van der Waals surface area (Å²) < 4.78 is 0. The molecule has 0 N–H and O–H groups in total. The Morgan fingerprint density at radius 2 is 1.44 bits per heavy atom. The van der Waals surface area contributed by atoms with Crippen molar-refractivity contribution in [2.24, 2.45) is 5.92 Å². The number of allylic oxidation sites excluding steroid dienone is 2. The molecule has 1 heteroatoms. The van der Waals surface area contributed by atoms with Crippen LogP contribution < -0.4 is 0 Å². The molecule has 0 aliphatic carbocycles. The summed E-state index contributed by atoms with van der Waals surface area (Å²) in [6, 6.07) is 0. The SMILES string of the molecule is C=C(CCCCCCCC/C=C/CCC)CCN(CCC)CC(C)CCC. The molecule has 27 heavy (non-hydrogen) atoms. The van der Waals surface area contributed by atoms with Crippen molar-refractivity contribution in [1.82, 2.24) is 4.90 Å². The molecule has 1 atom stereocenters. The van der Waals surface area contributed by atoms with Gasteiger partial charge in [0.1, 0.15) is 0 Å². The quantitative estimate of drug-likeness (QED) is 0.152. The van der Waals surface area contributed by atoms with Crippen LogP contribution in [0.2, 0.25) is 0 Å². The molecule has 0 aromatic carbocycles. The second-order valence-corrected chi connectivity index (χ2v) is 8.61. The Hall–Kier alpha value is -0.560. The average Bonchev–Trinajstić information content (AvgIpc) is 2.64. The van der Waals surface area contributed by atoms with Crippen molar-refractivity contribution in [1.29, 1.82) is 0 Å². The van der Waals surface area contributed by atoms with Gasteiger partial charge in [-0.3, -0.25) is 0 Å². The number of hydrogen-bond acceptors (Lipinski definition) is 1. The first kappa shape index (κ1) is 26.4. The second-order valence-electron chi connectivity index (χ2n) is 8.61. The van der Waals surface area contributed by atoms with Crippen molar-refractivity contribution < 1.29 is 0 Å². The van der Waals surface area contributed by atoms with Crippen LogP contribution in [0.4, 0.5) is 0 Å². The second kappa shape index (κ2) is 20.2. The highest BCUT2D eigenvalue weighted by molar-refractivity contribution is 4.94. The molecule has 0 aliphatic heterocycles. The molecule has 0 bridgehead atoms. The van der Waals surface area contributed by atoms with Crippen LogP contribution in [0, 0.1) is 5.92 Å². The van der Waals surface area contributed by atoms with E-state index in [1.165, 1.54) is 115 Å². The van der Waals surface area contributed by atoms with Crippen molar-refractivity contribution in [2.75, 3.05) is 19.6 Å². The van der Waals surface area contributed by atoms with E-state index in [1.54, 1.807) is 0 Å². The lowest BCUT2D eigenvalue weighted by molar-refractivity contribution is 0.233. The molecular weight excluding hydrogens is 326 g/mol. The number of nitrogens with zero attached hydrogens (tertiary/aromatic N) is 1. The van der Waals surface area contributed by atoms with E-state index in [0.29, 0.717) is 0 Å². The molecule has 0 rings (SSSR count). The van der Waals surface area contributed by atoms with Crippen LogP contribution in [-0.4, -0.2) is 24.5 Å². The zero-order valence-corrected chi connectivity index (χ0v) is 19.4. The van der Waals surface area contributed by atoms with E-state index in [0.717, 1.165) is 5.92 Å². The zero-order valence-electron chi connectivity index (χ0n) is 19.4. The largest absolute Gasteiger partial charge is 0.303 e. The molecule has 1 unspecified atom stereocenters. The predicted molar refractivity (Wildman–Crippen MR) is 126 cm³/mol. The zero-order chi connectivity index (χ0) is 20.2. The van der Waals surface area contributed by atoms with Gasteiger partial charge >= 0.3 is 0 Å². The van der Waals surface area contributed by atoms with Crippen molar-refractivity contribution in [3.05, 3.63) is 24.3 Å². The third-order valence-electron chi connectivity index (χ3n) is 5.45. The van der Waals surface area contributed by atoms with Gasteiger partial charge in [0.2, 0.25) is 0 Å². The van der Waals surface area contributed by atoms with Gasteiger partial charge < -0.3 is 4.90 Å². The van der Waals surface area contributed by atoms with Gasteiger partial charge in [-0.15, -0.1) is 0 Å². The van der Waals surface area contributed by atoms with E-state index in [4.69, 9.17) is 0 Å². The maximum absolute atomic E-state index is 4.35. The fourth-order valence-electron chi connectivity index (χ4n) is 3.82. The van der Waals surface area contributed by atoms with E-state index in [9.17, 15) is 0 Å². The number of unbranched alkanes of at least 4 members (excludes halogenated alkanes) is 7. The molecule has 0 aromatic rings. The summed E-state index contributed by atoms with van der Waals surface area (Å²) in [6.45, 7) is 17.3. The van der Waals surface area contributed by atoms with Crippen LogP contribution >= 0.6 is 0 Å². The van der Waals surface area contributed by atoms with E-state index >= 15 is 0 Å².